The van der Waals surface area contributed by atoms with Crippen LogP contribution in [-0.2, 0) is 4.79 Å². The van der Waals surface area contributed by atoms with E-state index < -0.39 is 0 Å². The molecule has 2 aromatic carbocycles. The zero-order valence-corrected chi connectivity index (χ0v) is 16.6. The Morgan fingerprint density at radius 1 is 1.25 bits per heavy atom. The van der Waals surface area contributed by atoms with Crippen molar-refractivity contribution in [2.24, 2.45) is 0 Å². The number of fused-ring (bicyclic) bond motifs is 1. The van der Waals surface area contributed by atoms with Gasteiger partial charge in [-0.3, -0.25) is 4.79 Å². The lowest BCUT2D eigenvalue weighted by atomic mass is 10.1. The summed E-state index contributed by atoms with van der Waals surface area (Å²) in [5, 5.41) is 15.5. The number of nitrogens with one attached hydrogen (secondary N) is 1. The third-order valence-corrected chi connectivity index (χ3v) is 5.82. The number of aryl methyl sites for hydroxylation is 2. The molecule has 4 aromatic rings. The van der Waals surface area contributed by atoms with E-state index >= 15 is 0 Å². The van der Waals surface area contributed by atoms with E-state index in [1.165, 1.54) is 35.2 Å². The van der Waals surface area contributed by atoms with Crippen molar-refractivity contribution in [1.82, 2.24) is 25.2 Å². The maximum atomic E-state index is 13.3. The molecular formula is C18H15FN6OS2. The molecule has 142 valence electrons. The maximum absolute atomic E-state index is 13.3. The van der Waals surface area contributed by atoms with Gasteiger partial charge in [-0.15, -0.1) is 5.10 Å². The van der Waals surface area contributed by atoms with E-state index in [1.54, 1.807) is 10.7 Å². The summed E-state index contributed by atoms with van der Waals surface area (Å²) >= 11 is 2.46. The molecule has 0 aliphatic rings. The minimum atomic E-state index is -0.331. The number of thioether (sulfide) groups is 1. The number of carbonyl (C=O) groups is 1. The predicted octanol–water partition coefficient (Wildman–Crippen LogP) is 3.76. The van der Waals surface area contributed by atoms with Crippen molar-refractivity contribution in [3.8, 4) is 5.69 Å². The zero-order chi connectivity index (χ0) is 19.7. The largest absolute Gasteiger partial charge is 0.301 e. The Bertz CT molecular complexity index is 1170. The number of anilines is 1. The minimum Gasteiger partial charge on any atom is -0.301 e. The Morgan fingerprint density at radius 2 is 2.11 bits per heavy atom. The summed E-state index contributed by atoms with van der Waals surface area (Å²) in [5.74, 6) is -0.446. The van der Waals surface area contributed by atoms with Crippen LogP contribution < -0.4 is 5.32 Å². The molecule has 0 saturated carbocycles. The van der Waals surface area contributed by atoms with Crippen LogP contribution in [0, 0.1) is 19.7 Å². The number of amides is 1. The number of halogens is 1. The number of hydrogen-bond acceptors (Lipinski definition) is 7. The van der Waals surface area contributed by atoms with Gasteiger partial charge in [-0.2, -0.15) is 4.68 Å². The predicted molar refractivity (Wildman–Crippen MR) is 108 cm³/mol. The molecule has 1 N–H and O–H groups in total. The second kappa shape index (κ2) is 7.64. The number of tetrazole rings is 1. The molecule has 0 saturated heterocycles. The molecule has 7 nitrogen and oxygen atoms in total. The number of benzene rings is 2. The minimum absolute atomic E-state index is 0.121. The lowest BCUT2D eigenvalue weighted by Crippen LogP contribution is -2.14. The Morgan fingerprint density at radius 3 is 2.96 bits per heavy atom. The van der Waals surface area contributed by atoms with Crippen molar-refractivity contribution < 1.29 is 9.18 Å². The van der Waals surface area contributed by atoms with E-state index in [-0.39, 0.29) is 17.5 Å². The van der Waals surface area contributed by atoms with Crippen molar-refractivity contribution >= 4 is 44.4 Å². The molecule has 0 aliphatic heterocycles. The SMILES string of the molecule is Cc1ccc(C)c(-n2nnnc2SCC(=O)Nc2nc3ccc(F)cc3s2)c1. The van der Waals surface area contributed by atoms with Crippen molar-refractivity contribution in [2.75, 3.05) is 11.1 Å². The van der Waals surface area contributed by atoms with Crippen LogP contribution in [-0.4, -0.2) is 36.9 Å². The Labute approximate surface area is 168 Å². The summed E-state index contributed by atoms with van der Waals surface area (Å²) in [5.41, 5.74) is 3.65. The second-order valence-corrected chi connectivity index (χ2v) is 8.10. The number of thiazole rings is 1. The van der Waals surface area contributed by atoms with Gasteiger partial charge in [-0.05, 0) is 59.7 Å². The highest BCUT2D eigenvalue weighted by molar-refractivity contribution is 7.99. The van der Waals surface area contributed by atoms with Gasteiger partial charge in [0.25, 0.3) is 0 Å². The third kappa shape index (κ3) is 3.87. The summed E-state index contributed by atoms with van der Waals surface area (Å²) in [4.78, 5) is 16.6. The smallest absolute Gasteiger partial charge is 0.236 e. The average molecular weight is 414 g/mol. The Balaban J connectivity index is 1.45. The van der Waals surface area contributed by atoms with E-state index in [9.17, 15) is 9.18 Å². The molecule has 0 bridgehead atoms. The molecule has 0 spiro atoms. The average Bonchev–Trinajstić information content (AvgIpc) is 3.27. The summed E-state index contributed by atoms with van der Waals surface area (Å²) in [6.07, 6.45) is 0. The van der Waals surface area contributed by atoms with Crippen LogP contribution in [0.25, 0.3) is 15.9 Å². The first-order valence-corrected chi connectivity index (χ1v) is 10.1. The van der Waals surface area contributed by atoms with Crippen LogP contribution in [0.15, 0.2) is 41.6 Å². The summed E-state index contributed by atoms with van der Waals surface area (Å²) in [6, 6.07) is 10.4. The normalized spacial score (nSPS) is 11.1. The molecule has 28 heavy (non-hydrogen) atoms. The number of carbonyl (C=O) groups excluding carboxylic acids is 1. The molecule has 0 radical (unpaired) electrons. The summed E-state index contributed by atoms with van der Waals surface area (Å²) in [7, 11) is 0. The summed E-state index contributed by atoms with van der Waals surface area (Å²) < 4.78 is 15.6. The van der Waals surface area contributed by atoms with Gasteiger partial charge in [0.05, 0.1) is 21.7 Å². The van der Waals surface area contributed by atoms with Gasteiger partial charge in [0.1, 0.15) is 5.82 Å². The fourth-order valence-corrected chi connectivity index (χ4v) is 4.20. The topological polar surface area (TPSA) is 85.6 Å². The maximum Gasteiger partial charge on any atom is 0.236 e. The highest BCUT2D eigenvalue weighted by Crippen LogP contribution is 2.27. The highest BCUT2D eigenvalue weighted by atomic mass is 32.2. The van der Waals surface area contributed by atoms with Gasteiger partial charge in [0, 0.05) is 0 Å². The standard InChI is InChI=1S/C18H15FN6OS2/c1-10-3-4-11(2)14(7-10)25-18(22-23-24-25)27-9-16(26)21-17-20-13-6-5-12(19)8-15(13)28-17/h3-8H,9H2,1-2H3,(H,20,21,26). The highest BCUT2D eigenvalue weighted by Gasteiger charge is 2.14. The zero-order valence-electron chi connectivity index (χ0n) is 15.0. The summed E-state index contributed by atoms with van der Waals surface area (Å²) in [6.45, 7) is 3.98. The van der Waals surface area contributed by atoms with Gasteiger partial charge >= 0.3 is 0 Å². The van der Waals surface area contributed by atoms with Gasteiger partial charge in [-0.1, -0.05) is 35.2 Å². The van der Waals surface area contributed by atoms with Crippen LogP contribution in [0.4, 0.5) is 9.52 Å². The molecule has 0 fully saturated rings. The molecule has 0 aliphatic carbocycles. The number of rotatable bonds is 5. The van der Waals surface area contributed by atoms with Gasteiger partial charge < -0.3 is 5.32 Å². The number of aromatic nitrogens is 5. The molecule has 0 unspecified atom stereocenters. The number of nitrogens with zero attached hydrogens (tertiary/aromatic N) is 5. The monoisotopic (exact) mass is 414 g/mol. The molecule has 0 atom stereocenters. The molecule has 1 amide bonds. The molecule has 2 heterocycles. The van der Waals surface area contributed by atoms with Gasteiger partial charge in [0.15, 0.2) is 5.13 Å². The van der Waals surface area contributed by atoms with Crippen LogP contribution in [0.2, 0.25) is 0 Å². The van der Waals surface area contributed by atoms with Crippen LogP contribution in [0.5, 0.6) is 0 Å². The molecule has 2 aromatic heterocycles. The van der Waals surface area contributed by atoms with Crippen molar-refractivity contribution in [3.63, 3.8) is 0 Å². The van der Waals surface area contributed by atoms with Crippen molar-refractivity contribution in [2.45, 2.75) is 19.0 Å². The number of hydrogen-bond donors (Lipinski definition) is 1. The quantitative estimate of drug-likeness (QED) is 0.501. The molecular weight excluding hydrogens is 399 g/mol. The first-order valence-electron chi connectivity index (χ1n) is 8.34. The van der Waals surface area contributed by atoms with Gasteiger partial charge in [-0.25, -0.2) is 9.37 Å². The second-order valence-electron chi connectivity index (χ2n) is 6.13. The van der Waals surface area contributed by atoms with Crippen molar-refractivity contribution in [1.29, 1.82) is 0 Å². The first-order chi connectivity index (χ1) is 13.5. The first kappa shape index (κ1) is 18.5. The van der Waals surface area contributed by atoms with Gasteiger partial charge in [0.2, 0.25) is 11.1 Å². The van der Waals surface area contributed by atoms with E-state index in [4.69, 9.17) is 0 Å². The van der Waals surface area contributed by atoms with E-state index in [2.05, 4.69) is 25.8 Å². The van der Waals surface area contributed by atoms with Crippen molar-refractivity contribution in [3.05, 3.63) is 53.3 Å². The van der Waals surface area contributed by atoms with E-state index in [1.807, 2.05) is 32.0 Å². The Hall–Kier alpha value is -2.85. The lowest BCUT2D eigenvalue weighted by Gasteiger charge is -2.08. The lowest BCUT2D eigenvalue weighted by molar-refractivity contribution is -0.113. The fourth-order valence-electron chi connectivity index (χ4n) is 2.61. The van der Waals surface area contributed by atoms with Crippen LogP contribution in [0.3, 0.4) is 0 Å². The van der Waals surface area contributed by atoms with E-state index in [0.29, 0.717) is 20.5 Å². The van der Waals surface area contributed by atoms with Crippen LogP contribution in [0.1, 0.15) is 11.1 Å². The fraction of sp³-hybridized carbons (Fsp3) is 0.167. The Kier molecular flexibility index (Phi) is 5.05. The van der Waals surface area contributed by atoms with Crippen LogP contribution >= 0.6 is 23.1 Å². The molecule has 10 heteroatoms. The van der Waals surface area contributed by atoms with E-state index in [0.717, 1.165) is 16.8 Å². The third-order valence-electron chi connectivity index (χ3n) is 3.96. The molecule has 4 rings (SSSR count).